The van der Waals surface area contributed by atoms with Crippen molar-refractivity contribution in [2.24, 2.45) is 0 Å². The van der Waals surface area contributed by atoms with Crippen LogP contribution in [0.3, 0.4) is 0 Å². The molecule has 0 aliphatic heterocycles. The molecule has 6 nitrogen and oxygen atoms in total. The summed E-state index contributed by atoms with van der Waals surface area (Å²) in [6.07, 6.45) is 1.45. The van der Waals surface area contributed by atoms with Gasteiger partial charge >= 0.3 is 0 Å². The number of rotatable bonds is 4. The van der Waals surface area contributed by atoms with Gasteiger partial charge in [-0.05, 0) is 30.3 Å². The minimum atomic E-state index is -0.507. The highest BCUT2D eigenvalue weighted by Crippen LogP contribution is 2.18. The van der Waals surface area contributed by atoms with Crippen molar-refractivity contribution < 1.29 is 9.18 Å². The van der Waals surface area contributed by atoms with Gasteiger partial charge < -0.3 is 0 Å². The molecule has 8 heteroatoms. The van der Waals surface area contributed by atoms with Gasteiger partial charge in [0.1, 0.15) is 5.82 Å². The van der Waals surface area contributed by atoms with Crippen LogP contribution in [-0.4, -0.2) is 20.9 Å². The van der Waals surface area contributed by atoms with E-state index < -0.39 is 11.7 Å². The largest absolute Gasteiger partial charge is 0.298 e. The Hall–Kier alpha value is -2.93. The van der Waals surface area contributed by atoms with Crippen molar-refractivity contribution in [3.8, 4) is 5.69 Å². The number of nitrogens with one attached hydrogen (secondary N) is 2. The van der Waals surface area contributed by atoms with Crippen molar-refractivity contribution in [2.45, 2.75) is 0 Å². The van der Waals surface area contributed by atoms with Crippen LogP contribution in [0.25, 0.3) is 5.69 Å². The first-order chi connectivity index (χ1) is 11.1. The number of halogens is 2. The standard InChI is InChI=1S/C15H11ClFN5O/c16-12-6-1-2-7-14(12)22-9-13(19-21-22)15(23)20-18-11-5-3-4-10(17)8-11/h1-9,18H,(H,20,23). The zero-order valence-electron chi connectivity index (χ0n) is 11.7. The molecule has 116 valence electrons. The molecule has 1 aromatic heterocycles. The maximum atomic E-state index is 13.1. The van der Waals surface area contributed by atoms with Crippen LogP contribution >= 0.6 is 11.6 Å². The molecule has 2 aromatic carbocycles. The summed E-state index contributed by atoms with van der Waals surface area (Å²) >= 11 is 6.07. The van der Waals surface area contributed by atoms with Gasteiger partial charge in [0.15, 0.2) is 5.69 Å². The quantitative estimate of drug-likeness (QED) is 0.721. The lowest BCUT2D eigenvalue weighted by molar-refractivity contribution is 0.0957. The van der Waals surface area contributed by atoms with E-state index in [0.29, 0.717) is 16.4 Å². The average Bonchev–Trinajstić information content (AvgIpc) is 3.03. The Morgan fingerprint density at radius 2 is 2.00 bits per heavy atom. The third kappa shape index (κ3) is 3.46. The fraction of sp³-hybridized carbons (Fsp3) is 0. The number of benzene rings is 2. The number of hydrogen-bond acceptors (Lipinski definition) is 4. The molecule has 0 fully saturated rings. The van der Waals surface area contributed by atoms with Gasteiger partial charge in [-0.2, -0.15) is 0 Å². The molecular formula is C15H11ClFN5O. The lowest BCUT2D eigenvalue weighted by Gasteiger charge is -2.06. The number of hydrogen-bond donors (Lipinski definition) is 2. The molecule has 3 rings (SSSR count). The van der Waals surface area contributed by atoms with E-state index in [4.69, 9.17) is 11.6 Å². The molecule has 0 saturated carbocycles. The van der Waals surface area contributed by atoms with Gasteiger partial charge in [0, 0.05) is 0 Å². The molecule has 3 aromatic rings. The smallest absolute Gasteiger partial charge is 0.291 e. The first kappa shape index (κ1) is 15.0. The van der Waals surface area contributed by atoms with Crippen LogP contribution in [0.2, 0.25) is 5.02 Å². The molecule has 23 heavy (non-hydrogen) atoms. The van der Waals surface area contributed by atoms with Gasteiger partial charge in [-0.3, -0.25) is 15.6 Å². The zero-order valence-corrected chi connectivity index (χ0v) is 12.5. The number of aromatic nitrogens is 3. The van der Waals surface area contributed by atoms with Crippen LogP contribution in [0.4, 0.5) is 10.1 Å². The second-order valence-corrected chi connectivity index (χ2v) is 5.00. The third-order valence-corrected chi connectivity index (χ3v) is 3.29. The van der Waals surface area contributed by atoms with E-state index >= 15 is 0 Å². The number of anilines is 1. The first-order valence-electron chi connectivity index (χ1n) is 6.62. The molecule has 0 radical (unpaired) electrons. The molecule has 0 aliphatic carbocycles. The molecule has 2 N–H and O–H groups in total. The maximum Gasteiger partial charge on any atom is 0.291 e. The van der Waals surface area contributed by atoms with Gasteiger partial charge in [0.25, 0.3) is 5.91 Å². The summed E-state index contributed by atoms with van der Waals surface area (Å²) in [5, 5.41) is 8.15. The predicted octanol–water partition coefficient (Wildman–Crippen LogP) is 2.82. The van der Waals surface area contributed by atoms with Crippen molar-refractivity contribution in [1.29, 1.82) is 0 Å². The summed E-state index contributed by atoms with van der Waals surface area (Å²) in [6, 6.07) is 12.8. The van der Waals surface area contributed by atoms with Crippen molar-refractivity contribution in [2.75, 3.05) is 5.43 Å². The van der Waals surface area contributed by atoms with Crippen molar-refractivity contribution in [3.63, 3.8) is 0 Å². The Labute approximate surface area is 135 Å². The summed E-state index contributed by atoms with van der Waals surface area (Å²) < 4.78 is 14.5. The lowest BCUT2D eigenvalue weighted by atomic mass is 10.3. The number of carbonyl (C=O) groups is 1. The van der Waals surface area contributed by atoms with Crippen LogP contribution in [0.1, 0.15) is 10.5 Å². The number of nitrogens with zero attached hydrogens (tertiary/aromatic N) is 3. The monoisotopic (exact) mass is 331 g/mol. The highest BCUT2D eigenvalue weighted by atomic mass is 35.5. The molecule has 0 spiro atoms. The van der Waals surface area contributed by atoms with E-state index in [9.17, 15) is 9.18 Å². The summed E-state index contributed by atoms with van der Waals surface area (Å²) in [5.74, 6) is -0.915. The zero-order chi connectivity index (χ0) is 16.2. The summed E-state index contributed by atoms with van der Waals surface area (Å²) in [7, 11) is 0. The molecule has 0 saturated heterocycles. The highest BCUT2D eigenvalue weighted by Gasteiger charge is 2.12. The van der Waals surface area contributed by atoms with Gasteiger partial charge in [-0.1, -0.05) is 35.0 Å². The Balaban J connectivity index is 1.70. The Morgan fingerprint density at radius 1 is 1.17 bits per heavy atom. The molecule has 0 bridgehead atoms. The van der Waals surface area contributed by atoms with Crippen LogP contribution < -0.4 is 10.9 Å². The second-order valence-electron chi connectivity index (χ2n) is 4.59. The fourth-order valence-corrected chi connectivity index (χ4v) is 2.10. The normalized spacial score (nSPS) is 10.3. The van der Waals surface area contributed by atoms with Gasteiger partial charge in [0.05, 0.1) is 22.6 Å². The number of hydrazine groups is 1. The highest BCUT2D eigenvalue weighted by molar-refractivity contribution is 6.32. The van der Waals surface area contributed by atoms with Crippen molar-refractivity contribution in [3.05, 3.63) is 71.3 Å². The van der Waals surface area contributed by atoms with E-state index in [1.54, 1.807) is 30.3 Å². The summed E-state index contributed by atoms with van der Waals surface area (Å²) in [5.41, 5.74) is 6.13. The second kappa shape index (κ2) is 6.45. The van der Waals surface area contributed by atoms with E-state index in [1.165, 1.54) is 29.1 Å². The number of para-hydroxylation sites is 1. The molecular weight excluding hydrogens is 321 g/mol. The van der Waals surface area contributed by atoms with Crippen LogP contribution in [0.5, 0.6) is 0 Å². The Bertz CT molecular complexity index is 851. The minimum Gasteiger partial charge on any atom is -0.298 e. The van der Waals surface area contributed by atoms with E-state index in [0.717, 1.165) is 0 Å². The van der Waals surface area contributed by atoms with E-state index in [2.05, 4.69) is 21.2 Å². The molecule has 0 aliphatic rings. The van der Waals surface area contributed by atoms with Crippen LogP contribution in [0, 0.1) is 5.82 Å². The summed E-state index contributed by atoms with van der Waals surface area (Å²) in [4.78, 5) is 12.0. The minimum absolute atomic E-state index is 0.0915. The van der Waals surface area contributed by atoms with E-state index in [1.807, 2.05) is 0 Å². The Kier molecular flexibility index (Phi) is 4.20. The predicted molar refractivity (Wildman–Crippen MR) is 83.9 cm³/mol. The lowest BCUT2D eigenvalue weighted by Crippen LogP contribution is -2.29. The topological polar surface area (TPSA) is 71.8 Å². The molecule has 1 heterocycles. The van der Waals surface area contributed by atoms with Gasteiger partial charge in [0.2, 0.25) is 0 Å². The number of carbonyl (C=O) groups excluding carboxylic acids is 1. The Morgan fingerprint density at radius 3 is 2.78 bits per heavy atom. The SMILES string of the molecule is O=C(NNc1cccc(F)c1)c1cn(-c2ccccc2Cl)nn1. The summed E-state index contributed by atoms with van der Waals surface area (Å²) in [6.45, 7) is 0. The van der Waals surface area contributed by atoms with E-state index in [-0.39, 0.29) is 5.69 Å². The van der Waals surface area contributed by atoms with Crippen LogP contribution in [0.15, 0.2) is 54.7 Å². The first-order valence-corrected chi connectivity index (χ1v) is 7.00. The number of amides is 1. The van der Waals surface area contributed by atoms with Crippen molar-refractivity contribution in [1.82, 2.24) is 20.4 Å². The maximum absolute atomic E-state index is 13.1. The van der Waals surface area contributed by atoms with Crippen LogP contribution in [-0.2, 0) is 0 Å². The van der Waals surface area contributed by atoms with Gasteiger partial charge in [-0.25, -0.2) is 9.07 Å². The third-order valence-electron chi connectivity index (χ3n) is 2.97. The average molecular weight is 332 g/mol. The molecule has 0 unspecified atom stereocenters. The van der Waals surface area contributed by atoms with Gasteiger partial charge in [-0.15, -0.1) is 5.10 Å². The molecule has 1 amide bonds. The fourth-order valence-electron chi connectivity index (χ4n) is 1.88. The molecule has 0 atom stereocenters. The van der Waals surface area contributed by atoms with Crippen molar-refractivity contribution >= 4 is 23.2 Å².